The van der Waals surface area contributed by atoms with Crippen molar-refractivity contribution in [2.75, 3.05) is 5.73 Å². The third kappa shape index (κ3) is 2.72. The van der Waals surface area contributed by atoms with E-state index in [2.05, 4.69) is 12.2 Å². The van der Waals surface area contributed by atoms with Crippen LogP contribution in [0.1, 0.15) is 43.0 Å². The molecule has 1 fully saturated rings. The van der Waals surface area contributed by atoms with Crippen LogP contribution in [0.15, 0.2) is 18.2 Å². The van der Waals surface area contributed by atoms with Crippen LogP contribution in [0.2, 0.25) is 5.02 Å². The highest BCUT2D eigenvalue weighted by molar-refractivity contribution is 6.34. The topological polar surface area (TPSA) is 55.1 Å². The summed E-state index contributed by atoms with van der Waals surface area (Å²) >= 11 is 6.01. The Balaban J connectivity index is 2.14. The van der Waals surface area contributed by atoms with Crippen LogP contribution in [0.3, 0.4) is 0 Å². The molecule has 1 aliphatic rings. The van der Waals surface area contributed by atoms with Gasteiger partial charge in [-0.2, -0.15) is 0 Å². The van der Waals surface area contributed by atoms with E-state index < -0.39 is 0 Å². The van der Waals surface area contributed by atoms with E-state index in [4.69, 9.17) is 17.3 Å². The van der Waals surface area contributed by atoms with Crippen molar-refractivity contribution in [3.63, 3.8) is 0 Å². The highest BCUT2D eigenvalue weighted by Crippen LogP contribution is 2.29. The number of rotatable bonds is 2. The molecule has 1 saturated carbocycles. The molecule has 0 spiro atoms. The lowest BCUT2D eigenvalue weighted by Crippen LogP contribution is -2.43. The number of nitrogens with two attached hydrogens (primary N) is 1. The van der Waals surface area contributed by atoms with Crippen molar-refractivity contribution in [3.05, 3.63) is 28.8 Å². The van der Waals surface area contributed by atoms with Gasteiger partial charge < -0.3 is 11.1 Å². The van der Waals surface area contributed by atoms with Gasteiger partial charge >= 0.3 is 0 Å². The van der Waals surface area contributed by atoms with E-state index in [-0.39, 0.29) is 11.4 Å². The van der Waals surface area contributed by atoms with E-state index in [0.29, 0.717) is 16.3 Å². The fourth-order valence-electron chi connectivity index (χ4n) is 2.34. The lowest BCUT2D eigenvalue weighted by atomic mass is 10.00. The average Bonchev–Trinajstić information content (AvgIpc) is 2.64. The normalized spacial score (nSPS) is 18.0. The summed E-state index contributed by atoms with van der Waals surface area (Å²) in [5.74, 6) is -0.112. The van der Waals surface area contributed by atoms with Crippen molar-refractivity contribution in [3.8, 4) is 0 Å². The first-order valence-corrected chi connectivity index (χ1v) is 6.25. The van der Waals surface area contributed by atoms with Crippen molar-refractivity contribution in [1.82, 2.24) is 5.32 Å². The minimum atomic E-state index is -0.112. The second-order valence-electron chi connectivity index (χ2n) is 4.96. The first-order chi connectivity index (χ1) is 8.00. The van der Waals surface area contributed by atoms with E-state index in [1.54, 1.807) is 18.2 Å². The molecule has 4 heteroatoms. The molecule has 3 N–H and O–H groups in total. The van der Waals surface area contributed by atoms with Gasteiger partial charge in [0, 0.05) is 11.2 Å². The van der Waals surface area contributed by atoms with Gasteiger partial charge in [0.1, 0.15) is 0 Å². The van der Waals surface area contributed by atoms with Crippen molar-refractivity contribution in [2.45, 2.75) is 38.1 Å². The summed E-state index contributed by atoms with van der Waals surface area (Å²) < 4.78 is 0. The zero-order chi connectivity index (χ0) is 12.5. The minimum Gasteiger partial charge on any atom is -0.399 e. The van der Waals surface area contributed by atoms with E-state index in [9.17, 15) is 4.79 Å². The van der Waals surface area contributed by atoms with E-state index in [1.165, 1.54) is 12.8 Å². The Kier molecular flexibility index (Phi) is 3.29. The van der Waals surface area contributed by atoms with Gasteiger partial charge in [-0.25, -0.2) is 0 Å². The summed E-state index contributed by atoms with van der Waals surface area (Å²) in [6.07, 6.45) is 4.41. The van der Waals surface area contributed by atoms with Gasteiger partial charge in [-0.05, 0) is 38.0 Å². The Labute approximate surface area is 106 Å². The van der Waals surface area contributed by atoms with Crippen molar-refractivity contribution in [2.24, 2.45) is 0 Å². The summed E-state index contributed by atoms with van der Waals surface area (Å²) in [5, 5.41) is 3.47. The number of halogens is 1. The predicted molar refractivity (Wildman–Crippen MR) is 70.2 cm³/mol. The molecule has 1 aromatic carbocycles. The third-order valence-electron chi connectivity index (χ3n) is 3.36. The number of hydrogen-bond donors (Lipinski definition) is 2. The second-order valence-corrected chi connectivity index (χ2v) is 5.37. The molecule has 1 amide bonds. The van der Waals surface area contributed by atoms with Gasteiger partial charge in [0.25, 0.3) is 5.91 Å². The standard InChI is InChI=1S/C13H17ClN2O/c1-13(6-2-3-7-13)16-12(17)10-5-4-9(15)8-11(10)14/h4-5,8H,2-3,6-7,15H2,1H3,(H,16,17). The maximum atomic E-state index is 12.1. The number of nitrogens with one attached hydrogen (secondary N) is 1. The molecule has 92 valence electrons. The molecule has 0 unspecified atom stereocenters. The minimum absolute atomic E-state index is 0.0815. The molecule has 0 aromatic heterocycles. The van der Waals surface area contributed by atoms with Gasteiger partial charge in [0.05, 0.1) is 10.6 Å². The van der Waals surface area contributed by atoms with E-state index >= 15 is 0 Å². The monoisotopic (exact) mass is 252 g/mol. The van der Waals surface area contributed by atoms with Crippen LogP contribution in [-0.4, -0.2) is 11.4 Å². The fraction of sp³-hybridized carbons (Fsp3) is 0.462. The number of carbonyl (C=O) groups excluding carboxylic acids is 1. The van der Waals surface area contributed by atoms with Crippen molar-refractivity contribution >= 4 is 23.2 Å². The third-order valence-corrected chi connectivity index (χ3v) is 3.67. The van der Waals surface area contributed by atoms with Crippen molar-refractivity contribution in [1.29, 1.82) is 0 Å². The number of hydrogen-bond acceptors (Lipinski definition) is 2. The Hall–Kier alpha value is -1.22. The fourth-order valence-corrected chi connectivity index (χ4v) is 2.61. The second kappa shape index (κ2) is 4.57. The SMILES string of the molecule is CC1(NC(=O)c2ccc(N)cc2Cl)CCCC1. The number of benzene rings is 1. The molecular weight excluding hydrogens is 236 g/mol. The van der Waals surface area contributed by atoms with E-state index in [1.807, 2.05) is 0 Å². The summed E-state index contributed by atoms with van der Waals surface area (Å²) in [5.41, 5.74) is 6.58. The molecule has 17 heavy (non-hydrogen) atoms. The summed E-state index contributed by atoms with van der Waals surface area (Å²) in [6, 6.07) is 4.97. The number of carbonyl (C=O) groups is 1. The van der Waals surface area contributed by atoms with Gasteiger partial charge in [-0.1, -0.05) is 24.4 Å². The maximum absolute atomic E-state index is 12.1. The first kappa shape index (κ1) is 12.2. The van der Waals surface area contributed by atoms with Crippen LogP contribution < -0.4 is 11.1 Å². The van der Waals surface area contributed by atoms with Crippen molar-refractivity contribution < 1.29 is 4.79 Å². The van der Waals surface area contributed by atoms with Gasteiger partial charge in [0.2, 0.25) is 0 Å². The number of anilines is 1. The summed E-state index contributed by atoms with van der Waals surface area (Å²) in [7, 11) is 0. The predicted octanol–water partition coefficient (Wildman–Crippen LogP) is 2.98. The smallest absolute Gasteiger partial charge is 0.253 e. The average molecular weight is 253 g/mol. The molecule has 1 aromatic rings. The molecular formula is C13H17ClN2O. The molecule has 1 aliphatic carbocycles. The largest absolute Gasteiger partial charge is 0.399 e. The molecule has 0 heterocycles. The molecule has 0 atom stereocenters. The van der Waals surface area contributed by atoms with E-state index in [0.717, 1.165) is 12.8 Å². The van der Waals surface area contributed by atoms with Crippen LogP contribution in [0.25, 0.3) is 0 Å². The highest BCUT2D eigenvalue weighted by atomic mass is 35.5. The van der Waals surface area contributed by atoms with Crippen LogP contribution >= 0.6 is 11.6 Å². The quantitative estimate of drug-likeness (QED) is 0.795. The zero-order valence-corrected chi connectivity index (χ0v) is 10.7. The van der Waals surface area contributed by atoms with Crippen LogP contribution in [-0.2, 0) is 0 Å². The Bertz CT molecular complexity index is 439. The zero-order valence-electron chi connectivity index (χ0n) is 9.92. The molecule has 0 radical (unpaired) electrons. The maximum Gasteiger partial charge on any atom is 0.253 e. The number of amides is 1. The molecule has 2 rings (SSSR count). The van der Waals surface area contributed by atoms with Crippen LogP contribution in [0.4, 0.5) is 5.69 Å². The van der Waals surface area contributed by atoms with Gasteiger partial charge in [0.15, 0.2) is 0 Å². The molecule has 0 saturated heterocycles. The lowest BCUT2D eigenvalue weighted by Gasteiger charge is -2.25. The molecule has 0 aliphatic heterocycles. The summed E-state index contributed by atoms with van der Waals surface area (Å²) in [4.78, 5) is 12.1. The van der Waals surface area contributed by atoms with Gasteiger partial charge in [-0.15, -0.1) is 0 Å². The first-order valence-electron chi connectivity index (χ1n) is 5.88. The van der Waals surface area contributed by atoms with Crippen LogP contribution in [0.5, 0.6) is 0 Å². The summed E-state index contributed by atoms with van der Waals surface area (Å²) in [6.45, 7) is 2.09. The number of nitrogen functional groups attached to an aromatic ring is 1. The highest BCUT2D eigenvalue weighted by Gasteiger charge is 2.30. The Morgan fingerprint density at radius 2 is 2.06 bits per heavy atom. The molecule has 3 nitrogen and oxygen atoms in total. The lowest BCUT2D eigenvalue weighted by molar-refractivity contribution is 0.0908. The Morgan fingerprint density at radius 3 is 2.65 bits per heavy atom. The molecule has 0 bridgehead atoms. The Morgan fingerprint density at radius 1 is 1.41 bits per heavy atom. The van der Waals surface area contributed by atoms with Crippen LogP contribution in [0, 0.1) is 0 Å². The van der Waals surface area contributed by atoms with Gasteiger partial charge in [-0.3, -0.25) is 4.79 Å².